The maximum Gasteiger partial charge on any atom is 0.0931 e. The van der Waals surface area contributed by atoms with Crippen molar-refractivity contribution >= 4 is 22.9 Å². The molecule has 0 aliphatic heterocycles. The van der Waals surface area contributed by atoms with E-state index in [1.165, 1.54) is 11.3 Å². The molecule has 1 heterocycles. The third-order valence-corrected chi connectivity index (χ3v) is 3.69. The van der Waals surface area contributed by atoms with Crippen LogP contribution in [0, 0.1) is 5.92 Å². The third-order valence-electron chi connectivity index (χ3n) is 2.43. The molecule has 0 saturated carbocycles. The summed E-state index contributed by atoms with van der Waals surface area (Å²) < 4.78 is 6.33. The second kappa shape index (κ2) is 6.60. The predicted molar refractivity (Wildman–Crippen MR) is 69.3 cm³/mol. The van der Waals surface area contributed by atoms with Gasteiger partial charge in [0.2, 0.25) is 0 Å². The number of thiophene rings is 1. The molecule has 0 saturated heterocycles. The van der Waals surface area contributed by atoms with E-state index in [4.69, 9.17) is 16.3 Å². The first-order valence-corrected chi connectivity index (χ1v) is 6.78. The largest absolute Gasteiger partial charge is 0.390 e. The Balaban J connectivity index is 2.57. The van der Waals surface area contributed by atoms with Crippen molar-refractivity contribution in [2.45, 2.75) is 39.4 Å². The van der Waals surface area contributed by atoms with Gasteiger partial charge in [-0.05, 0) is 25.0 Å². The lowest BCUT2D eigenvalue weighted by atomic mass is 9.99. The zero-order chi connectivity index (χ0) is 12.1. The summed E-state index contributed by atoms with van der Waals surface area (Å²) in [6.07, 6.45) is 0.0424. The van der Waals surface area contributed by atoms with Gasteiger partial charge >= 0.3 is 0 Å². The highest BCUT2D eigenvalue weighted by atomic mass is 35.5. The fourth-order valence-corrected chi connectivity index (χ4v) is 2.86. The Morgan fingerprint density at radius 2 is 2.12 bits per heavy atom. The van der Waals surface area contributed by atoms with Gasteiger partial charge in [-0.15, -0.1) is 11.3 Å². The smallest absolute Gasteiger partial charge is 0.0931 e. The number of rotatable bonds is 6. The van der Waals surface area contributed by atoms with Crippen LogP contribution >= 0.6 is 22.9 Å². The van der Waals surface area contributed by atoms with Gasteiger partial charge in [0.1, 0.15) is 0 Å². The summed E-state index contributed by atoms with van der Waals surface area (Å²) in [4.78, 5) is 1.10. The molecule has 0 aliphatic rings. The molecule has 1 aromatic heterocycles. The zero-order valence-electron chi connectivity index (χ0n) is 9.94. The van der Waals surface area contributed by atoms with Gasteiger partial charge in [-0.1, -0.05) is 25.4 Å². The van der Waals surface area contributed by atoms with Crippen molar-refractivity contribution in [3.05, 3.63) is 21.3 Å². The van der Waals surface area contributed by atoms with Crippen LogP contribution in [0.4, 0.5) is 0 Å². The fourth-order valence-electron chi connectivity index (χ4n) is 1.72. The highest BCUT2D eigenvalue weighted by molar-refractivity contribution is 7.16. The molecule has 2 nitrogen and oxygen atoms in total. The van der Waals surface area contributed by atoms with Gasteiger partial charge in [-0.25, -0.2) is 0 Å². The second-order valence-corrected chi connectivity index (χ2v) is 5.94. The van der Waals surface area contributed by atoms with Crippen molar-refractivity contribution in [3.63, 3.8) is 0 Å². The minimum Gasteiger partial charge on any atom is -0.390 e. The van der Waals surface area contributed by atoms with Crippen molar-refractivity contribution in [2.75, 3.05) is 6.61 Å². The molecule has 1 rings (SSSR count). The lowest BCUT2D eigenvalue weighted by Crippen LogP contribution is -2.35. The highest BCUT2D eigenvalue weighted by Gasteiger charge is 2.23. The van der Waals surface area contributed by atoms with Crippen molar-refractivity contribution in [1.29, 1.82) is 0 Å². The van der Waals surface area contributed by atoms with Gasteiger partial charge in [0, 0.05) is 17.9 Å². The number of hydrogen-bond donors (Lipinski definition) is 1. The van der Waals surface area contributed by atoms with Crippen molar-refractivity contribution in [1.82, 2.24) is 0 Å². The van der Waals surface area contributed by atoms with Gasteiger partial charge in [-0.3, -0.25) is 0 Å². The minimum absolute atomic E-state index is 0.106. The molecule has 0 aliphatic carbocycles. The van der Waals surface area contributed by atoms with E-state index in [1.807, 2.05) is 19.1 Å². The Bertz CT molecular complexity index is 312. The molecular formula is C12H19ClO2S. The minimum atomic E-state index is -0.463. The molecule has 2 atom stereocenters. The second-order valence-electron chi connectivity index (χ2n) is 4.14. The van der Waals surface area contributed by atoms with Gasteiger partial charge in [0.05, 0.1) is 16.5 Å². The van der Waals surface area contributed by atoms with Crippen LogP contribution in [0.25, 0.3) is 0 Å². The Kier molecular flexibility index (Phi) is 5.76. The van der Waals surface area contributed by atoms with E-state index < -0.39 is 6.10 Å². The highest BCUT2D eigenvalue weighted by Crippen LogP contribution is 2.24. The summed E-state index contributed by atoms with van der Waals surface area (Å²) in [5, 5.41) is 10.1. The molecule has 1 N–H and O–H groups in total. The molecular weight excluding hydrogens is 244 g/mol. The van der Waals surface area contributed by atoms with E-state index in [-0.39, 0.29) is 6.10 Å². The SMILES string of the molecule is CCOC(C(C)C)C(O)Cc1ccc(Cl)s1. The Morgan fingerprint density at radius 1 is 1.44 bits per heavy atom. The first-order valence-electron chi connectivity index (χ1n) is 5.58. The lowest BCUT2D eigenvalue weighted by molar-refractivity contribution is -0.0559. The average molecular weight is 263 g/mol. The molecule has 92 valence electrons. The average Bonchev–Trinajstić information content (AvgIpc) is 2.59. The summed E-state index contributed by atoms with van der Waals surface area (Å²) in [6.45, 7) is 6.70. The molecule has 4 heteroatoms. The molecule has 16 heavy (non-hydrogen) atoms. The lowest BCUT2D eigenvalue weighted by Gasteiger charge is -2.25. The maximum atomic E-state index is 10.1. The quantitative estimate of drug-likeness (QED) is 0.852. The van der Waals surface area contributed by atoms with Crippen LogP contribution in [0.15, 0.2) is 12.1 Å². The number of ether oxygens (including phenoxy) is 1. The monoisotopic (exact) mass is 262 g/mol. The van der Waals surface area contributed by atoms with Crippen LogP contribution in [0.1, 0.15) is 25.6 Å². The first kappa shape index (κ1) is 14.0. The van der Waals surface area contributed by atoms with Crippen molar-refractivity contribution < 1.29 is 9.84 Å². The number of halogens is 1. The number of hydrogen-bond acceptors (Lipinski definition) is 3. The van der Waals surface area contributed by atoms with Crippen LogP contribution < -0.4 is 0 Å². The molecule has 0 aromatic carbocycles. The van der Waals surface area contributed by atoms with E-state index in [1.54, 1.807) is 0 Å². The third kappa shape index (κ3) is 4.06. The van der Waals surface area contributed by atoms with E-state index >= 15 is 0 Å². The van der Waals surface area contributed by atoms with Crippen LogP contribution in [0.2, 0.25) is 4.34 Å². The Labute approximate surface area is 106 Å². The van der Waals surface area contributed by atoms with Gasteiger partial charge in [0.15, 0.2) is 0 Å². The molecule has 0 spiro atoms. The summed E-state index contributed by atoms with van der Waals surface area (Å²) in [6, 6.07) is 3.82. The zero-order valence-corrected chi connectivity index (χ0v) is 11.5. The van der Waals surface area contributed by atoms with Crippen LogP contribution in [-0.2, 0) is 11.2 Å². The molecule has 0 amide bonds. The predicted octanol–water partition coefficient (Wildman–Crippen LogP) is 3.37. The van der Waals surface area contributed by atoms with E-state index in [9.17, 15) is 5.11 Å². The van der Waals surface area contributed by atoms with Crippen LogP contribution in [0.3, 0.4) is 0 Å². The standard InChI is InChI=1S/C12H19ClO2S/c1-4-15-12(8(2)3)10(14)7-9-5-6-11(13)16-9/h5-6,8,10,12,14H,4,7H2,1-3H3. The van der Waals surface area contributed by atoms with E-state index in [0.29, 0.717) is 18.9 Å². The summed E-state index contributed by atoms with van der Waals surface area (Å²) in [7, 11) is 0. The summed E-state index contributed by atoms with van der Waals surface area (Å²) >= 11 is 7.37. The van der Waals surface area contributed by atoms with Gasteiger partial charge in [-0.2, -0.15) is 0 Å². The van der Waals surface area contributed by atoms with Crippen molar-refractivity contribution in [2.24, 2.45) is 5.92 Å². The number of aliphatic hydroxyl groups is 1. The fraction of sp³-hybridized carbons (Fsp3) is 0.667. The number of aliphatic hydroxyl groups excluding tert-OH is 1. The normalized spacial score (nSPS) is 15.4. The molecule has 0 fully saturated rings. The van der Waals surface area contributed by atoms with Crippen molar-refractivity contribution in [3.8, 4) is 0 Å². The maximum absolute atomic E-state index is 10.1. The van der Waals surface area contributed by atoms with E-state index in [0.717, 1.165) is 9.21 Å². The molecule has 2 unspecified atom stereocenters. The van der Waals surface area contributed by atoms with Crippen LogP contribution in [-0.4, -0.2) is 23.9 Å². The summed E-state index contributed by atoms with van der Waals surface area (Å²) in [5.41, 5.74) is 0. The Morgan fingerprint density at radius 3 is 2.56 bits per heavy atom. The topological polar surface area (TPSA) is 29.5 Å². The Hall–Kier alpha value is -0.0900. The summed E-state index contributed by atoms with van der Waals surface area (Å²) in [5.74, 6) is 0.311. The first-order chi connectivity index (χ1) is 7.54. The van der Waals surface area contributed by atoms with E-state index in [2.05, 4.69) is 13.8 Å². The van der Waals surface area contributed by atoms with Gasteiger partial charge < -0.3 is 9.84 Å². The molecule has 1 aromatic rings. The molecule has 0 bridgehead atoms. The van der Waals surface area contributed by atoms with Gasteiger partial charge in [0.25, 0.3) is 0 Å². The van der Waals surface area contributed by atoms with Crippen LogP contribution in [0.5, 0.6) is 0 Å². The molecule has 0 radical (unpaired) electrons.